The van der Waals surface area contributed by atoms with Crippen LogP contribution in [-0.4, -0.2) is 57.4 Å². The molecule has 1 aliphatic carbocycles. The summed E-state index contributed by atoms with van der Waals surface area (Å²) in [5.74, 6) is -2.39. The number of nitrogens with zero attached hydrogens (tertiary/aromatic N) is 1. The number of halogens is 3. The van der Waals surface area contributed by atoms with Gasteiger partial charge < -0.3 is 24.4 Å². The Hall–Kier alpha value is -2.10. The largest absolute Gasteiger partial charge is 0.385 e. The maximum atomic E-state index is 14.4. The van der Waals surface area contributed by atoms with Crippen LogP contribution in [0, 0.1) is 17.6 Å². The Labute approximate surface area is 240 Å². The first-order chi connectivity index (χ1) is 19.4. The smallest absolute Gasteiger partial charge is 0.230 e. The second-order valence-corrected chi connectivity index (χ2v) is 11.6. The van der Waals surface area contributed by atoms with E-state index in [-0.39, 0.29) is 18.6 Å². The molecule has 0 aromatic heterocycles. The zero-order valence-corrected chi connectivity index (χ0v) is 24.1. The first-order valence-corrected chi connectivity index (χ1v) is 14.7. The van der Waals surface area contributed by atoms with Gasteiger partial charge in [-0.15, -0.1) is 0 Å². The Morgan fingerprint density at radius 1 is 1.07 bits per heavy atom. The molecule has 218 valence electrons. The van der Waals surface area contributed by atoms with Gasteiger partial charge in [0, 0.05) is 51.6 Å². The predicted octanol–water partition coefficient (Wildman–Crippen LogP) is 5.30. The molecule has 2 atom stereocenters. The van der Waals surface area contributed by atoms with Crippen LogP contribution in [-0.2, 0) is 50.6 Å². The molecule has 2 aromatic rings. The molecule has 6 nitrogen and oxygen atoms in total. The lowest BCUT2D eigenvalue weighted by atomic mass is 9.75. The Morgan fingerprint density at radius 3 is 2.50 bits per heavy atom. The van der Waals surface area contributed by atoms with Crippen molar-refractivity contribution in [3.8, 4) is 0 Å². The highest BCUT2D eigenvalue weighted by atomic mass is 35.5. The number of ether oxygens (including phenoxy) is 3. The van der Waals surface area contributed by atoms with Gasteiger partial charge in [-0.1, -0.05) is 23.7 Å². The molecule has 1 saturated carbocycles. The quantitative estimate of drug-likeness (QED) is 0.347. The third kappa shape index (κ3) is 6.07. The molecule has 1 amide bonds. The van der Waals surface area contributed by atoms with Gasteiger partial charge in [-0.3, -0.25) is 4.79 Å². The molecule has 1 spiro atoms. The number of fused-ring (bicyclic) bond motifs is 2. The highest BCUT2D eigenvalue weighted by Crippen LogP contribution is 2.48. The molecule has 0 unspecified atom stereocenters. The van der Waals surface area contributed by atoms with E-state index < -0.39 is 23.2 Å². The molecule has 0 radical (unpaired) electrons. The van der Waals surface area contributed by atoms with Crippen LogP contribution in [0.1, 0.15) is 59.9 Å². The summed E-state index contributed by atoms with van der Waals surface area (Å²) in [5, 5.41) is 4.04. The molecule has 1 N–H and O–H groups in total. The number of hydrogen-bond donors (Lipinski definition) is 1. The number of benzene rings is 2. The zero-order valence-electron chi connectivity index (χ0n) is 23.4. The molecular formula is C31H39ClF2N2O4. The summed E-state index contributed by atoms with van der Waals surface area (Å²) in [6, 6.07) is 6.85. The molecule has 2 heterocycles. The molecule has 3 aliphatic rings. The Morgan fingerprint density at radius 2 is 1.77 bits per heavy atom. The third-order valence-electron chi connectivity index (χ3n) is 8.47. The number of carbonyl (C=O) groups is 1. The van der Waals surface area contributed by atoms with Crippen molar-refractivity contribution in [2.45, 2.75) is 69.7 Å². The summed E-state index contributed by atoms with van der Waals surface area (Å²) < 4.78 is 45.2. The number of rotatable bonds is 12. The van der Waals surface area contributed by atoms with Crippen molar-refractivity contribution < 1.29 is 27.8 Å². The molecular weight excluding hydrogens is 538 g/mol. The van der Waals surface area contributed by atoms with Gasteiger partial charge in [-0.05, 0) is 91.4 Å². The van der Waals surface area contributed by atoms with E-state index in [1.165, 1.54) is 17.7 Å². The standard InChI is InChI=1S/C31H39ClF2N2O4/c1-38-11-3-5-20-13-21(6-4-12-39-2)29(32)22(14-20)18-36(24-7-8-24)30(37)26-17-35-10-9-31(26)25-16-28(34)27(33)15-23(25)19-40-31/h13-16,24,26,35H,3-12,17-19H2,1-2H3/t26-,31+/m1/s1. The Balaban J connectivity index is 1.44. The van der Waals surface area contributed by atoms with E-state index in [9.17, 15) is 13.6 Å². The molecule has 0 bridgehead atoms. The van der Waals surface area contributed by atoms with Crippen molar-refractivity contribution in [2.75, 3.05) is 40.5 Å². The number of piperidine rings is 1. The summed E-state index contributed by atoms with van der Waals surface area (Å²) in [5.41, 5.74) is 3.41. The number of hydrogen-bond acceptors (Lipinski definition) is 5. The Bertz CT molecular complexity index is 1220. The van der Waals surface area contributed by atoms with E-state index in [2.05, 4.69) is 17.4 Å². The number of nitrogens with one attached hydrogen (secondary N) is 1. The molecule has 2 fully saturated rings. The molecule has 2 aromatic carbocycles. The molecule has 5 rings (SSSR count). The normalized spacial score (nSPS) is 22.1. The zero-order chi connectivity index (χ0) is 28.3. The number of carbonyl (C=O) groups excluding carboxylic acids is 1. The van der Waals surface area contributed by atoms with Gasteiger partial charge in [0.15, 0.2) is 11.6 Å². The second-order valence-electron chi connectivity index (χ2n) is 11.2. The maximum Gasteiger partial charge on any atom is 0.230 e. The fraction of sp³-hybridized carbons (Fsp3) is 0.581. The van der Waals surface area contributed by atoms with Crippen LogP contribution >= 0.6 is 11.6 Å². The minimum Gasteiger partial charge on any atom is -0.385 e. The predicted molar refractivity (Wildman–Crippen MR) is 149 cm³/mol. The van der Waals surface area contributed by atoms with Crippen LogP contribution in [0.3, 0.4) is 0 Å². The maximum absolute atomic E-state index is 14.4. The van der Waals surface area contributed by atoms with Crippen molar-refractivity contribution in [1.82, 2.24) is 10.2 Å². The van der Waals surface area contributed by atoms with Crippen LogP contribution in [0.2, 0.25) is 5.02 Å². The van der Waals surface area contributed by atoms with Crippen LogP contribution in [0.25, 0.3) is 0 Å². The lowest BCUT2D eigenvalue weighted by Gasteiger charge is -2.43. The fourth-order valence-corrected chi connectivity index (χ4v) is 6.54. The fourth-order valence-electron chi connectivity index (χ4n) is 6.28. The van der Waals surface area contributed by atoms with Crippen molar-refractivity contribution in [1.29, 1.82) is 0 Å². The van der Waals surface area contributed by atoms with Crippen molar-refractivity contribution >= 4 is 17.5 Å². The second kappa shape index (κ2) is 12.8. The average Bonchev–Trinajstić information content (AvgIpc) is 3.74. The summed E-state index contributed by atoms with van der Waals surface area (Å²) >= 11 is 6.98. The first-order valence-electron chi connectivity index (χ1n) is 14.3. The van der Waals surface area contributed by atoms with Crippen LogP contribution in [0.4, 0.5) is 8.78 Å². The number of amides is 1. The van der Waals surface area contributed by atoms with E-state index in [1.54, 1.807) is 14.2 Å². The minimum atomic E-state index is -0.976. The molecule has 9 heteroatoms. The third-order valence-corrected chi connectivity index (χ3v) is 8.96. The summed E-state index contributed by atoms with van der Waals surface area (Å²) in [7, 11) is 3.39. The summed E-state index contributed by atoms with van der Waals surface area (Å²) in [4.78, 5) is 16.3. The van der Waals surface area contributed by atoms with Crippen molar-refractivity contribution in [2.24, 2.45) is 5.92 Å². The van der Waals surface area contributed by atoms with Crippen molar-refractivity contribution in [3.63, 3.8) is 0 Å². The van der Waals surface area contributed by atoms with E-state index >= 15 is 0 Å². The van der Waals surface area contributed by atoms with E-state index in [0.29, 0.717) is 55.4 Å². The van der Waals surface area contributed by atoms with E-state index in [1.807, 2.05) is 4.90 Å². The molecule has 1 saturated heterocycles. The van der Waals surface area contributed by atoms with E-state index in [0.717, 1.165) is 49.7 Å². The number of methoxy groups -OCH3 is 2. The van der Waals surface area contributed by atoms with E-state index in [4.69, 9.17) is 25.8 Å². The highest BCUT2D eigenvalue weighted by Gasteiger charge is 2.53. The lowest BCUT2D eigenvalue weighted by molar-refractivity contribution is -0.157. The average molecular weight is 577 g/mol. The highest BCUT2D eigenvalue weighted by molar-refractivity contribution is 6.32. The molecule has 40 heavy (non-hydrogen) atoms. The van der Waals surface area contributed by atoms with Gasteiger partial charge in [0.05, 0.1) is 12.5 Å². The van der Waals surface area contributed by atoms with Crippen LogP contribution in [0.5, 0.6) is 0 Å². The first kappa shape index (κ1) is 29.4. The van der Waals surface area contributed by atoms with Gasteiger partial charge in [0.25, 0.3) is 0 Å². The topological polar surface area (TPSA) is 60.0 Å². The summed E-state index contributed by atoms with van der Waals surface area (Å²) in [6.07, 6.45) is 5.77. The van der Waals surface area contributed by atoms with Gasteiger partial charge >= 0.3 is 0 Å². The SMILES string of the molecule is COCCCc1cc(CCCOC)c(Cl)c(CN(C(=O)[C@H]2CNCC[C@@]23OCc2cc(F)c(F)cc23)C2CC2)c1. The molecule has 2 aliphatic heterocycles. The Kier molecular flexibility index (Phi) is 9.42. The van der Waals surface area contributed by atoms with Gasteiger partial charge in [-0.2, -0.15) is 0 Å². The van der Waals surface area contributed by atoms with Gasteiger partial charge in [-0.25, -0.2) is 8.78 Å². The summed E-state index contributed by atoms with van der Waals surface area (Å²) in [6.45, 7) is 2.93. The minimum absolute atomic E-state index is 0.0333. The number of aryl methyl sites for hydroxylation is 2. The van der Waals surface area contributed by atoms with Gasteiger partial charge in [0.2, 0.25) is 5.91 Å². The van der Waals surface area contributed by atoms with Crippen molar-refractivity contribution in [3.05, 3.63) is 68.7 Å². The van der Waals surface area contributed by atoms with Crippen LogP contribution < -0.4 is 5.32 Å². The monoisotopic (exact) mass is 576 g/mol. The lowest BCUT2D eigenvalue weighted by Crippen LogP contribution is -2.55. The van der Waals surface area contributed by atoms with Gasteiger partial charge in [0.1, 0.15) is 5.60 Å². The van der Waals surface area contributed by atoms with Crippen LogP contribution in [0.15, 0.2) is 24.3 Å².